The molecule has 1 aliphatic rings. The molecule has 4 rings (SSSR count). The largest absolute Gasteiger partial charge is 0.378 e. The lowest BCUT2D eigenvalue weighted by Crippen LogP contribution is -2.24. The fourth-order valence-electron chi connectivity index (χ4n) is 5.92. The number of aryl methyl sites for hydroxylation is 1. The monoisotopic (exact) mass is 550 g/mol. The highest BCUT2D eigenvalue weighted by molar-refractivity contribution is 5.71. The molecule has 1 nitrogen and oxygen atoms in total. The van der Waals surface area contributed by atoms with Crippen molar-refractivity contribution in [3.8, 4) is 22.3 Å². The number of hydrogen-bond acceptors (Lipinski definition) is 1. The predicted molar refractivity (Wildman–Crippen MR) is 160 cm³/mol. The molecule has 0 spiro atoms. The number of ether oxygens (including phenoxy) is 1. The minimum atomic E-state index is -0.809. The third-order valence-electron chi connectivity index (χ3n) is 8.41. The summed E-state index contributed by atoms with van der Waals surface area (Å²) in [4.78, 5) is 0. The summed E-state index contributed by atoms with van der Waals surface area (Å²) in [5, 5.41) is 0. The van der Waals surface area contributed by atoms with E-state index in [0.717, 1.165) is 50.5 Å². The Morgan fingerprint density at radius 2 is 1.32 bits per heavy atom. The normalized spacial score (nSPS) is 17.3. The SMILES string of the molecule is CCCCCCCCCCc1ccc(-c2ccc(-c3ccc(C4CCC(CCC)OC4)cc3F)cc2)c(F)c1F. The summed E-state index contributed by atoms with van der Waals surface area (Å²) in [6, 6.07) is 15.8. The standard InChI is InChI=1S/C36H45F3O/c1-3-5-6-7-8-9-10-11-13-28-19-23-33(36(39)35(28)38)27-16-14-26(15-17-27)32-22-20-29(24-34(32)37)30-18-21-31(12-4-2)40-25-30/h14-17,19-20,22-24,30-31H,3-13,18,21,25H2,1-2H3. The number of halogens is 3. The number of unbranched alkanes of at least 4 members (excludes halogenated alkanes) is 7. The van der Waals surface area contributed by atoms with Gasteiger partial charge in [-0.1, -0.05) is 114 Å². The van der Waals surface area contributed by atoms with E-state index in [1.807, 2.05) is 12.1 Å². The molecule has 216 valence electrons. The Bertz CT molecular complexity index is 1200. The molecule has 0 saturated carbocycles. The van der Waals surface area contributed by atoms with Gasteiger partial charge in [0.1, 0.15) is 5.82 Å². The van der Waals surface area contributed by atoms with Crippen molar-refractivity contribution in [3.63, 3.8) is 0 Å². The van der Waals surface area contributed by atoms with Crippen LogP contribution in [-0.2, 0) is 11.2 Å². The maximum absolute atomic E-state index is 15.1. The van der Waals surface area contributed by atoms with Crippen LogP contribution in [0.5, 0.6) is 0 Å². The van der Waals surface area contributed by atoms with Gasteiger partial charge in [0.15, 0.2) is 11.6 Å². The first-order valence-electron chi connectivity index (χ1n) is 15.5. The van der Waals surface area contributed by atoms with E-state index in [2.05, 4.69) is 13.8 Å². The minimum absolute atomic E-state index is 0.218. The molecule has 2 unspecified atom stereocenters. The Labute approximate surface area is 239 Å². The Balaban J connectivity index is 1.35. The summed E-state index contributed by atoms with van der Waals surface area (Å²) in [5.74, 6) is -1.62. The van der Waals surface area contributed by atoms with Crippen molar-refractivity contribution in [2.75, 3.05) is 6.61 Å². The first kappa shape index (κ1) is 30.4. The first-order valence-corrected chi connectivity index (χ1v) is 15.5. The van der Waals surface area contributed by atoms with Crippen molar-refractivity contribution in [2.45, 2.75) is 109 Å². The second kappa shape index (κ2) is 15.4. The molecule has 3 aromatic carbocycles. The Morgan fingerprint density at radius 3 is 1.95 bits per heavy atom. The summed E-state index contributed by atoms with van der Waals surface area (Å²) in [5.41, 5.74) is 3.44. The third-order valence-corrected chi connectivity index (χ3v) is 8.41. The van der Waals surface area contributed by atoms with E-state index in [1.54, 1.807) is 42.5 Å². The van der Waals surface area contributed by atoms with Crippen LogP contribution in [0.4, 0.5) is 13.2 Å². The van der Waals surface area contributed by atoms with Gasteiger partial charge in [0, 0.05) is 17.0 Å². The Kier molecular flexibility index (Phi) is 11.7. The molecule has 40 heavy (non-hydrogen) atoms. The van der Waals surface area contributed by atoms with Crippen LogP contribution in [0.15, 0.2) is 54.6 Å². The van der Waals surface area contributed by atoms with Crippen molar-refractivity contribution in [1.82, 2.24) is 0 Å². The fraction of sp³-hybridized carbons (Fsp3) is 0.500. The molecule has 0 aliphatic carbocycles. The lowest BCUT2D eigenvalue weighted by molar-refractivity contribution is -0.00115. The van der Waals surface area contributed by atoms with E-state index in [1.165, 1.54) is 32.1 Å². The molecule has 3 aromatic rings. The van der Waals surface area contributed by atoms with Gasteiger partial charge in [-0.25, -0.2) is 13.2 Å². The average Bonchev–Trinajstić information content (AvgIpc) is 2.97. The molecule has 2 atom stereocenters. The van der Waals surface area contributed by atoms with Crippen molar-refractivity contribution < 1.29 is 17.9 Å². The lowest BCUT2D eigenvalue weighted by atomic mass is 9.89. The summed E-state index contributed by atoms with van der Waals surface area (Å²) in [6.45, 7) is 5.02. The van der Waals surface area contributed by atoms with Crippen LogP contribution in [0.25, 0.3) is 22.3 Å². The highest BCUT2D eigenvalue weighted by atomic mass is 19.2. The molecule has 1 aliphatic heterocycles. The topological polar surface area (TPSA) is 9.23 Å². The van der Waals surface area contributed by atoms with Crippen molar-refractivity contribution in [1.29, 1.82) is 0 Å². The molecule has 0 radical (unpaired) electrons. The smallest absolute Gasteiger partial charge is 0.166 e. The highest BCUT2D eigenvalue weighted by Crippen LogP contribution is 2.34. The summed E-state index contributed by atoms with van der Waals surface area (Å²) in [7, 11) is 0. The predicted octanol–water partition coefficient (Wildman–Crippen LogP) is 11.2. The van der Waals surface area contributed by atoms with Crippen LogP contribution in [0, 0.1) is 17.5 Å². The van der Waals surface area contributed by atoms with Gasteiger partial charge in [-0.15, -0.1) is 0 Å². The highest BCUT2D eigenvalue weighted by Gasteiger charge is 2.23. The second-order valence-electron chi connectivity index (χ2n) is 11.5. The Hall–Kier alpha value is -2.59. The molecule has 4 heteroatoms. The van der Waals surface area contributed by atoms with E-state index in [4.69, 9.17) is 4.74 Å². The number of rotatable bonds is 14. The van der Waals surface area contributed by atoms with E-state index >= 15 is 8.78 Å². The Morgan fingerprint density at radius 1 is 0.675 bits per heavy atom. The quantitative estimate of drug-likeness (QED) is 0.181. The van der Waals surface area contributed by atoms with Crippen LogP contribution >= 0.6 is 0 Å². The molecule has 1 saturated heterocycles. The number of hydrogen-bond donors (Lipinski definition) is 0. The zero-order valence-corrected chi connectivity index (χ0v) is 24.3. The van der Waals surface area contributed by atoms with E-state index < -0.39 is 11.6 Å². The van der Waals surface area contributed by atoms with Gasteiger partial charge >= 0.3 is 0 Å². The summed E-state index contributed by atoms with van der Waals surface area (Å²) >= 11 is 0. The van der Waals surface area contributed by atoms with Gasteiger partial charge in [-0.3, -0.25) is 0 Å². The van der Waals surface area contributed by atoms with E-state index in [0.29, 0.717) is 41.4 Å². The zero-order chi connectivity index (χ0) is 28.3. The third kappa shape index (κ3) is 8.00. The van der Waals surface area contributed by atoms with Gasteiger partial charge < -0.3 is 4.74 Å². The molecule has 1 fully saturated rings. The average molecular weight is 551 g/mol. The maximum Gasteiger partial charge on any atom is 0.166 e. The lowest BCUT2D eigenvalue weighted by Gasteiger charge is -2.29. The van der Waals surface area contributed by atoms with Gasteiger partial charge in [-0.05, 0) is 60.4 Å². The molecule has 1 heterocycles. The van der Waals surface area contributed by atoms with Crippen molar-refractivity contribution >= 4 is 0 Å². The van der Waals surface area contributed by atoms with E-state index in [9.17, 15) is 4.39 Å². The van der Waals surface area contributed by atoms with Gasteiger partial charge in [0.25, 0.3) is 0 Å². The van der Waals surface area contributed by atoms with Crippen LogP contribution in [-0.4, -0.2) is 12.7 Å². The molecule has 0 amide bonds. The molecular weight excluding hydrogens is 505 g/mol. The maximum atomic E-state index is 15.1. The zero-order valence-electron chi connectivity index (χ0n) is 24.3. The van der Waals surface area contributed by atoms with Crippen LogP contribution in [0.2, 0.25) is 0 Å². The van der Waals surface area contributed by atoms with Gasteiger partial charge in [-0.2, -0.15) is 0 Å². The van der Waals surface area contributed by atoms with Crippen molar-refractivity contribution in [2.24, 2.45) is 0 Å². The van der Waals surface area contributed by atoms with Crippen LogP contribution < -0.4 is 0 Å². The molecule has 0 N–H and O–H groups in total. The summed E-state index contributed by atoms with van der Waals surface area (Å²) < 4.78 is 51.0. The molecular formula is C36H45F3O. The molecule has 0 aromatic heterocycles. The van der Waals surface area contributed by atoms with Crippen LogP contribution in [0.3, 0.4) is 0 Å². The first-order chi connectivity index (χ1) is 19.5. The van der Waals surface area contributed by atoms with Gasteiger partial charge in [0.2, 0.25) is 0 Å². The minimum Gasteiger partial charge on any atom is -0.378 e. The fourth-order valence-corrected chi connectivity index (χ4v) is 5.92. The van der Waals surface area contributed by atoms with E-state index in [-0.39, 0.29) is 17.3 Å². The molecule has 0 bridgehead atoms. The number of benzene rings is 3. The summed E-state index contributed by atoms with van der Waals surface area (Å²) in [6.07, 6.45) is 14.5. The van der Waals surface area contributed by atoms with Crippen LogP contribution in [0.1, 0.15) is 108 Å². The van der Waals surface area contributed by atoms with Gasteiger partial charge in [0.05, 0.1) is 12.7 Å². The second-order valence-corrected chi connectivity index (χ2v) is 11.5. The van der Waals surface area contributed by atoms with Crippen molar-refractivity contribution in [3.05, 3.63) is 83.2 Å².